The normalized spacial score (nSPS) is 11.9. The van der Waals surface area contributed by atoms with Crippen LogP contribution in [0.25, 0.3) is 306 Å². The molecule has 0 saturated carbocycles. The van der Waals surface area contributed by atoms with Gasteiger partial charge in [0, 0.05) is 99.1 Å². The molecule has 29 aromatic rings. The lowest BCUT2D eigenvalue weighted by molar-refractivity contribution is 1.07. The molecule has 0 spiro atoms. The van der Waals surface area contributed by atoms with Crippen LogP contribution in [0, 0.1) is 0 Å². The van der Waals surface area contributed by atoms with Crippen LogP contribution in [-0.4, -0.2) is 58.6 Å². The van der Waals surface area contributed by atoms with Crippen molar-refractivity contribution in [3.63, 3.8) is 0 Å². The van der Waals surface area contributed by atoms with Crippen LogP contribution >= 0.6 is 0 Å². The van der Waals surface area contributed by atoms with E-state index in [4.69, 9.17) is 44.9 Å². The zero-order valence-corrected chi connectivity index (χ0v) is 80.2. The predicted molar refractivity (Wildman–Crippen MR) is 612 cm³/mol. The Morgan fingerprint density at radius 2 is 0.362 bits per heavy atom. The van der Waals surface area contributed by atoms with Crippen molar-refractivity contribution < 1.29 is 0 Å². The van der Waals surface area contributed by atoms with Crippen molar-refractivity contribution in [2.75, 3.05) is 0 Å². The molecule has 0 amide bonds. The summed E-state index contributed by atoms with van der Waals surface area (Å²) < 4.78 is 7.27. The Hall–Kier alpha value is -20.2. The smallest absolute Gasteiger partial charge is 0.164 e. The summed E-state index contributed by atoms with van der Waals surface area (Å²) in [5.41, 5.74) is 34.4. The Morgan fingerprint density at radius 1 is 0.121 bits per heavy atom. The van der Waals surface area contributed by atoms with Crippen molar-refractivity contribution in [3.05, 3.63) is 497 Å². The van der Waals surface area contributed by atoms with E-state index in [1.165, 1.54) is 170 Å². The maximum atomic E-state index is 5.10. The van der Waals surface area contributed by atoms with Gasteiger partial charge in [-0.3, -0.25) is 0 Å². The highest BCUT2D eigenvalue weighted by atomic mass is 15.1. The van der Waals surface area contributed by atoms with Gasteiger partial charge in [0.15, 0.2) is 52.4 Å². The summed E-state index contributed by atoms with van der Waals surface area (Å²) in [6, 6.07) is 176. The van der Waals surface area contributed by atoms with Crippen LogP contribution in [0.5, 0.6) is 0 Å². The van der Waals surface area contributed by atoms with Crippen molar-refractivity contribution in [2.45, 2.75) is 0 Å². The minimum Gasteiger partial charge on any atom is -0.309 e. The fourth-order valence-electron chi connectivity index (χ4n) is 23.5. The van der Waals surface area contributed by atoms with Crippen molar-refractivity contribution in [1.82, 2.24) is 58.6 Å². The second-order valence-corrected chi connectivity index (χ2v) is 38.4. The lowest BCUT2D eigenvalue weighted by Crippen LogP contribution is -2.01. The molecule has 0 bridgehead atoms. The summed E-state index contributed by atoms with van der Waals surface area (Å²) in [6.07, 6.45) is 0. The number of nitrogens with zero attached hydrogens (tertiary/aromatic N) is 12. The molecule has 12 nitrogen and oxygen atoms in total. The van der Waals surface area contributed by atoms with Gasteiger partial charge in [0.25, 0.3) is 0 Å². The van der Waals surface area contributed by atoms with E-state index in [0.29, 0.717) is 52.4 Å². The molecule has 3 aliphatic rings. The zero-order valence-electron chi connectivity index (χ0n) is 80.2. The van der Waals surface area contributed by atoms with E-state index < -0.39 is 0 Å². The number of benzene rings is 23. The van der Waals surface area contributed by atoms with Gasteiger partial charge in [0.2, 0.25) is 0 Å². The summed E-state index contributed by atoms with van der Waals surface area (Å²) in [5.74, 6) is 5.87. The fraction of sp³-hybridized carbons (Fsp3) is 0. The first kappa shape index (κ1) is 84.5. The molecule has 0 N–H and O–H groups in total. The molecule has 0 aliphatic heterocycles. The largest absolute Gasteiger partial charge is 0.309 e. The number of hydrogen-bond donors (Lipinski definition) is 0. The molecule has 6 aromatic heterocycles. The third-order valence-electron chi connectivity index (χ3n) is 30.1. The SMILES string of the molecule is c1ccc(-c2nc(-c3ccc(-n4c5cccc6c5c5c7c(cccc7ccc54)-c4ccccc4-6)cc3)nc(-c3ccc4ccccc4c3)n2)cc1.c1ccc(-c2nc(-c3ccccc3)nc(-c3ccc(-n4c5cccc6c5c5c7c(cccc7ccc54)-c4ccccc4-6)c4ccccc34)n2)cc1.c1ccc(-c2nc(-c3ccccc3)nc(-c3ccc(-n4c5cccc6c5c5c7c(cccc7ccc54)-c4ccccc4-6)cc3)n2)cc1. The van der Waals surface area contributed by atoms with Crippen molar-refractivity contribution in [2.24, 2.45) is 0 Å². The van der Waals surface area contributed by atoms with Gasteiger partial charge in [-0.15, -0.1) is 0 Å². The maximum absolute atomic E-state index is 5.10. The van der Waals surface area contributed by atoms with Gasteiger partial charge in [-0.05, 0) is 218 Å². The van der Waals surface area contributed by atoms with E-state index in [0.717, 1.165) is 83.3 Å². The molecule has 3 aliphatic carbocycles. The summed E-state index contributed by atoms with van der Waals surface area (Å²) >= 11 is 0. The second kappa shape index (κ2) is 34.3. The average molecular weight is 1900 g/mol. The zero-order chi connectivity index (χ0) is 97.8. The van der Waals surface area contributed by atoms with E-state index in [1.807, 2.05) is 152 Å². The topological polar surface area (TPSA) is 131 Å². The Kier molecular flexibility index (Phi) is 19.4. The fourth-order valence-corrected chi connectivity index (χ4v) is 23.5. The maximum Gasteiger partial charge on any atom is 0.164 e. The predicted octanol–water partition coefficient (Wildman–Crippen LogP) is 34.6. The van der Waals surface area contributed by atoms with E-state index >= 15 is 0 Å². The lowest BCUT2D eigenvalue weighted by Gasteiger charge is -2.16. The number of aromatic nitrogens is 12. The summed E-state index contributed by atoms with van der Waals surface area (Å²) in [6.45, 7) is 0. The van der Waals surface area contributed by atoms with Crippen LogP contribution < -0.4 is 0 Å². The minimum absolute atomic E-state index is 0.643. The minimum atomic E-state index is 0.643. The van der Waals surface area contributed by atoms with Crippen molar-refractivity contribution >= 4 is 119 Å². The second-order valence-electron chi connectivity index (χ2n) is 38.4. The molecular weight excluding hydrogens is 1810 g/mol. The third-order valence-corrected chi connectivity index (χ3v) is 30.1. The highest BCUT2D eigenvalue weighted by Crippen LogP contribution is 2.55. The first-order chi connectivity index (χ1) is 73.9. The van der Waals surface area contributed by atoms with Gasteiger partial charge in [-0.25, -0.2) is 44.9 Å². The molecule has 6 heterocycles. The quantitative estimate of drug-likeness (QED) is 0.117. The monoisotopic (exact) mass is 1890 g/mol. The molecule has 0 radical (unpaired) electrons. The Bertz CT molecular complexity index is 10500. The molecule has 12 heteroatoms. The third kappa shape index (κ3) is 13.7. The highest BCUT2D eigenvalue weighted by molar-refractivity contribution is 6.34. The molecule has 690 valence electrons. The molecule has 149 heavy (non-hydrogen) atoms. The molecular formula is C137H82N12. The molecule has 23 aromatic carbocycles. The van der Waals surface area contributed by atoms with Crippen LogP contribution in [0.4, 0.5) is 0 Å². The van der Waals surface area contributed by atoms with Crippen molar-refractivity contribution in [1.29, 1.82) is 0 Å². The summed E-state index contributed by atoms with van der Waals surface area (Å²) in [5, 5.41) is 20.1. The van der Waals surface area contributed by atoms with E-state index in [1.54, 1.807) is 0 Å². The van der Waals surface area contributed by atoms with Gasteiger partial charge in [-0.1, -0.05) is 394 Å². The van der Waals surface area contributed by atoms with Gasteiger partial charge < -0.3 is 13.7 Å². The standard InChI is InChI=1S/2C47H28N4.C43H26N4/c1-3-13-30(14-4-1)45-48-46(31-15-5-2-6-16-31)50-47(49-45)38-26-28-39(35-21-10-9-20-34(35)38)51-40-24-12-23-37-33-19-8-7-18-32(33)36-22-11-17-29-25-27-41(51)44(42(29)36)43(37)40;1-2-11-31(12-3-1)45-48-46(50-47(49-45)34-21-20-29-10-4-5-13-33(29)28-34)32-22-25-35(26-23-32)51-40-19-9-18-39-37-16-7-6-15-36(37)38-17-8-14-30-24-27-41(51)44(42(30)38)43(39)40;1-3-11-28(12-4-1)41-44-42(29-13-5-2-6-14-29)46-43(45-41)30-21-24-31(25-22-30)47-36-20-10-19-35-33-17-8-7-16-32(33)34-18-9-15-27-23-26-37(47)40(38(27)34)39(35)36/h2*1-28H;1-26H. The average Bonchev–Trinajstić information content (AvgIpc) is 1.55. The summed E-state index contributed by atoms with van der Waals surface area (Å²) in [7, 11) is 0. The van der Waals surface area contributed by atoms with E-state index in [2.05, 4.69) is 359 Å². The number of fused-ring (bicyclic) bond motifs is 11. The van der Waals surface area contributed by atoms with Gasteiger partial charge in [0.05, 0.1) is 38.8 Å². The number of rotatable bonds is 12. The van der Waals surface area contributed by atoms with Crippen LogP contribution in [0.1, 0.15) is 0 Å². The van der Waals surface area contributed by atoms with E-state index in [9.17, 15) is 0 Å². The van der Waals surface area contributed by atoms with Gasteiger partial charge in [-0.2, -0.15) is 0 Å². The Labute approximate surface area is 855 Å². The molecule has 0 fully saturated rings. The van der Waals surface area contributed by atoms with Crippen LogP contribution in [0.15, 0.2) is 497 Å². The first-order valence-corrected chi connectivity index (χ1v) is 50.5. The summed E-state index contributed by atoms with van der Waals surface area (Å²) in [4.78, 5) is 44.9. The highest BCUT2D eigenvalue weighted by Gasteiger charge is 2.31. The van der Waals surface area contributed by atoms with Crippen molar-refractivity contribution in [3.8, 4) is 186 Å². The lowest BCUT2D eigenvalue weighted by atomic mass is 9.93. The van der Waals surface area contributed by atoms with Crippen LogP contribution in [0.2, 0.25) is 0 Å². The molecule has 0 unspecified atom stereocenters. The van der Waals surface area contributed by atoms with Gasteiger partial charge >= 0.3 is 0 Å². The van der Waals surface area contributed by atoms with E-state index in [-0.39, 0.29) is 0 Å². The molecule has 32 rings (SSSR count). The Balaban J connectivity index is 0.000000103. The Morgan fingerprint density at radius 3 is 0.718 bits per heavy atom. The first-order valence-electron chi connectivity index (χ1n) is 50.5. The molecule has 0 atom stereocenters. The molecule has 0 saturated heterocycles. The van der Waals surface area contributed by atoms with Crippen LogP contribution in [0.3, 0.4) is 0 Å². The number of hydrogen-bond acceptors (Lipinski definition) is 9. The van der Waals surface area contributed by atoms with Gasteiger partial charge in [0.1, 0.15) is 0 Å². The van der Waals surface area contributed by atoms with Crippen LogP contribution in [-0.2, 0) is 0 Å².